The Morgan fingerprint density at radius 3 is 2.24 bits per heavy atom. The highest BCUT2D eigenvalue weighted by atomic mass is 19.1. The number of carbonyl (C=O) groups is 2. The van der Waals surface area contributed by atoms with Gasteiger partial charge in [-0.25, -0.2) is 9.18 Å². The first-order valence-electron chi connectivity index (χ1n) is 11.8. The summed E-state index contributed by atoms with van der Waals surface area (Å²) in [5.41, 5.74) is 12.2. The van der Waals surface area contributed by atoms with Gasteiger partial charge in [0.2, 0.25) is 0 Å². The van der Waals surface area contributed by atoms with Crippen molar-refractivity contribution in [2.24, 2.45) is 0 Å². The lowest BCUT2D eigenvalue weighted by Gasteiger charge is -2.35. The first-order chi connectivity index (χ1) is 16.5. The lowest BCUT2D eigenvalue weighted by atomic mass is 9.81. The van der Waals surface area contributed by atoms with Crippen molar-refractivity contribution >= 4 is 17.6 Å². The molecule has 0 spiro atoms. The molecule has 1 unspecified atom stereocenters. The van der Waals surface area contributed by atoms with Crippen LogP contribution in [-0.2, 0) is 6.42 Å². The van der Waals surface area contributed by atoms with Gasteiger partial charge < -0.3 is 10.8 Å². The number of ketones is 1. The molecule has 0 aromatic heterocycles. The Hall–Kier alpha value is -3.67. The number of halogens is 1. The molecule has 3 aromatic rings. The number of carbonyl (C=O) groups excluding carboxylic acids is 1. The van der Waals surface area contributed by atoms with Crippen LogP contribution in [0.25, 0.3) is 11.1 Å². The molecule has 5 nitrogen and oxygen atoms in total. The zero-order valence-corrected chi connectivity index (χ0v) is 18.6. The van der Waals surface area contributed by atoms with Gasteiger partial charge in [0.25, 0.3) is 0 Å². The molecule has 0 radical (unpaired) electrons. The van der Waals surface area contributed by atoms with Crippen molar-refractivity contribution in [3.05, 3.63) is 88.2 Å². The molecule has 0 heterocycles. The van der Waals surface area contributed by atoms with Crippen molar-refractivity contribution in [3.8, 4) is 11.1 Å². The number of carboxylic acid groups (broad SMARTS) is 1. The van der Waals surface area contributed by atoms with Gasteiger partial charge in [0.05, 0.1) is 6.04 Å². The highest BCUT2D eigenvalue weighted by Gasteiger charge is 2.42. The minimum absolute atomic E-state index is 0.105. The maximum Gasteiger partial charge on any atom is 0.407 e. The molecular formula is C28H25FN2O3. The van der Waals surface area contributed by atoms with Crippen LogP contribution in [0, 0.1) is 5.82 Å². The van der Waals surface area contributed by atoms with Crippen LogP contribution >= 0.6 is 0 Å². The Labute approximate surface area is 197 Å². The summed E-state index contributed by atoms with van der Waals surface area (Å²) in [5, 5.41) is 10.2. The average molecular weight is 457 g/mol. The molecule has 3 N–H and O–H groups in total. The topological polar surface area (TPSA) is 83.6 Å². The highest BCUT2D eigenvalue weighted by Crippen LogP contribution is 2.48. The van der Waals surface area contributed by atoms with Gasteiger partial charge in [-0.15, -0.1) is 0 Å². The number of hydrogen-bond donors (Lipinski definition) is 2. The molecule has 1 saturated carbocycles. The fourth-order valence-electron chi connectivity index (χ4n) is 5.97. The van der Waals surface area contributed by atoms with Crippen LogP contribution in [0.5, 0.6) is 0 Å². The fraction of sp³-hybridized carbons (Fsp3) is 0.286. The second kappa shape index (κ2) is 7.69. The van der Waals surface area contributed by atoms with E-state index in [1.807, 2.05) is 36.4 Å². The van der Waals surface area contributed by atoms with Crippen molar-refractivity contribution in [1.29, 1.82) is 0 Å². The van der Waals surface area contributed by atoms with Crippen LogP contribution in [0.2, 0.25) is 0 Å². The van der Waals surface area contributed by atoms with Gasteiger partial charge in [0.1, 0.15) is 5.82 Å². The molecule has 3 aromatic carbocycles. The van der Waals surface area contributed by atoms with Gasteiger partial charge in [-0.1, -0.05) is 48.5 Å². The Balaban J connectivity index is 1.38. The maximum atomic E-state index is 14.7. The van der Waals surface area contributed by atoms with Crippen LogP contribution in [-0.4, -0.2) is 34.5 Å². The summed E-state index contributed by atoms with van der Waals surface area (Å²) in [7, 11) is 0. The fourth-order valence-corrected chi connectivity index (χ4v) is 5.97. The summed E-state index contributed by atoms with van der Waals surface area (Å²) in [4.78, 5) is 27.4. The monoisotopic (exact) mass is 456 g/mol. The number of Topliss-reactive ketones (excluding diaryl/α,β-unsaturated/α-hetero) is 1. The second-order valence-electron chi connectivity index (χ2n) is 9.57. The number of nitrogens with zero attached hydrogens (tertiary/aromatic N) is 1. The smallest absolute Gasteiger partial charge is 0.407 e. The number of amides is 1. The molecule has 6 heteroatoms. The predicted molar refractivity (Wildman–Crippen MR) is 128 cm³/mol. The Kier molecular flexibility index (Phi) is 4.73. The summed E-state index contributed by atoms with van der Waals surface area (Å²) in [6, 6.07) is 16.4. The molecule has 0 bridgehead atoms. The first-order valence-corrected chi connectivity index (χ1v) is 11.8. The van der Waals surface area contributed by atoms with Gasteiger partial charge >= 0.3 is 6.09 Å². The number of nitrogen functional groups attached to an aromatic ring is 1. The molecular weight excluding hydrogens is 431 g/mol. The molecule has 1 atom stereocenters. The van der Waals surface area contributed by atoms with Gasteiger partial charge in [-0.2, -0.15) is 0 Å². The van der Waals surface area contributed by atoms with E-state index in [2.05, 4.69) is 12.1 Å². The summed E-state index contributed by atoms with van der Waals surface area (Å²) in [6.07, 6.45) is 1.46. The number of anilines is 1. The Morgan fingerprint density at radius 2 is 1.65 bits per heavy atom. The van der Waals surface area contributed by atoms with Crippen LogP contribution in [0.1, 0.15) is 63.7 Å². The third kappa shape index (κ3) is 3.12. The Morgan fingerprint density at radius 1 is 1.03 bits per heavy atom. The minimum Gasteiger partial charge on any atom is -0.465 e. The van der Waals surface area contributed by atoms with E-state index in [1.54, 1.807) is 0 Å². The summed E-state index contributed by atoms with van der Waals surface area (Å²) in [6.45, 7) is 0.172. The third-order valence-corrected chi connectivity index (χ3v) is 7.62. The normalized spacial score (nSPS) is 18.9. The van der Waals surface area contributed by atoms with Crippen LogP contribution in [0.15, 0.2) is 54.6 Å². The molecule has 6 rings (SSSR count). The van der Waals surface area contributed by atoms with E-state index in [0.717, 1.165) is 35.1 Å². The quantitative estimate of drug-likeness (QED) is 0.503. The molecule has 172 valence electrons. The predicted octanol–water partition coefficient (Wildman–Crippen LogP) is 5.58. The second-order valence-corrected chi connectivity index (χ2v) is 9.57. The van der Waals surface area contributed by atoms with Crippen molar-refractivity contribution in [1.82, 2.24) is 4.90 Å². The summed E-state index contributed by atoms with van der Waals surface area (Å²) >= 11 is 0. The zero-order chi connectivity index (χ0) is 23.6. The summed E-state index contributed by atoms with van der Waals surface area (Å²) in [5.74, 6) is -0.687. The Bertz CT molecular complexity index is 1300. The van der Waals surface area contributed by atoms with E-state index in [9.17, 15) is 19.1 Å². The number of rotatable bonds is 4. The summed E-state index contributed by atoms with van der Waals surface area (Å²) < 4.78 is 14.7. The molecule has 3 aliphatic rings. The van der Waals surface area contributed by atoms with Gasteiger partial charge in [-0.3, -0.25) is 9.69 Å². The molecule has 0 saturated heterocycles. The van der Waals surface area contributed by atoms with Gasteiger partial charge in [0.15, 0.2) is 5.78 Å². The largest absolute Gasteiger partial charge is 0.465 e. The maximum absolute atomic E-state index is 14.7. The number of benzene rings is 3. The van der Waals surface area contributed by atoms with Gasteiger partial charge in [0, 0.05) is 23.7 Å². The highest BCUT2D eigenvalue weighted by molar-refractivity contribution is 6.07. The average Bonchev–Trinajstić information content (AvgIpc) is 3.60. The number of fused-ring (bicyclic) bond motifs is 4. The van der Waals surface area contributed by atoms with Crippen LogP contribution in [0.4, 0.5) is 14.9 Å². The molecule has 1 fully saturated rings. The first kappa shape index (κ1) is 20.9. The third-order valence-electron chi connectivity index (χ3n) is 7.62. The van der Waals surface area contributed by atoms with E-state index in [4.69, 9.17) is 5.73 Å². The molecule has 1 amide bonds. The zero-order valence-electron chi connectivity index (χ0n) is 18.6. The van der Waals surface area contributed by atoms with Crippen LogP contribution < -0.4 is 5.73 Å². The van der Waals surface area contributed by atoms with Gasteiger partial charge in [-0.05, 0) is 71.0 Å². The van der Waals surface area contributed by atoms with Crippen molar-refractivity contribution in [3.63, 3.8) is 0 Å². The minimum atomic E-state index is -1.13. The van der Waals surface area contributed by atoms with E-state index in [0.29, 0.717) is 29.5 Å². The van der Waals surface area contributed by atoms with E-state index >= 15 is 0 Å². The number of nitrogens with two attached hydrogens (primary N) is 1. The number of hydrogen-bond acceptors (Lipinski definition) is 3. The molecule has 0 aliphatic heterocycles. The standard InChI is InChI=1S/C28H25FN2O3/c29-22-13-23(30)26-20(25(22)15-9-10-15)11-12-24(27(26)32)31(28(33)34)14-21-18-7-3-1-5-16(18)17-6-2-4-8-19(17)21/h1-8,13,15,21,24H,9-12,14,30H2,(H,33,34). The molecule has 3 aliphatic carbocycles. The van der Waals surface area contributed by atoms with Crippen molar-refractivity contribution in [2.75, 3.05) is 12.3 Å². The SMILES string of the molecule is Nc1cc(F)c(C2CC2)c2c1C(=O)C(N(CC1c3ccccc3-c3ccccc31)C(=O)O)CC2. The van der Waals surface area contributed by atoms with Crippen LogP contribution in [0.3, 0.4) is 0 Å². The van der Waals surface area contributed by atoms with Crippen molar-refractivity contribution in [2.45, 2.75) is 43.6 Å². The van der Waals surface area contributed by atoms with Crippen molar-refractivity contribution < 1.29 is 19.1 Å². The van der Waals surface area contributed by atoms with E-state index < -0.39 is 12.1 Å². The molecule has 34 heavy (non-hydrogen) atoms. The van der Waals surface area contributed by atoms with E-state index in [-0.39, 0.29) is 35.7 Å². The van der Waals surface area contributed by atoms with E-state index in [1.165, 1.54) is 11.0 Å². The lowest BCUT2D eigenvalue weighted by molar-refractivity contribution is 0.0752. The lowest BCUT2D eigenvalue weighted by Crippen LogP contribution is -2.48.